The van der Waals surface area contributed by atoms with Gasteiger partial charge in [-0.3, -0.25) is 4.99 Å². The van der Waals surface area contributed by atoms with E-state index < -0.39 is 0 Å². The van der Waals surface area contributed by atoms with Crippen LogP contribution in [0.3, 0.4) is 0 Å². The van der Waals surface area contributed by atoms with Gasteiger partial charge in [-0.15, -0.1) is 0 Å². The van der Waals surface area contributed by atoms with Crippen LogP contribution in [-0.2, 0) is 0 Å². The highest BCUT2D eigenvalue weighted by atomic mass is 16.5. The molecule has 0 atom stereocenters. The molecule has 0 aliphatic heterocycles. The van der Waals surface area contributed by atoms with Gasteiger partial charge in [0.05, 0.1) is 19.0 Å². The van der Waals surface area contributed by atoms with E-state index in [2.05, 4.69) is 33.0 Å². The molecule has 0 amide bonds. The highest BCUT2D eigenvalue weighted by molar-refractivity contribution is 5.81. The number of aromatic nitrogens is 2. The highest BCUT2D eigenvalue weighted by Crippen LogP contribution is 2.29. The standard InChI is InChI=1S/C16H19N3O/c1-20-16-7-6-14(11-18-16)17-10-13-8-9-19(12-13)15-4-2-3-5-15/h6-12,15H,2-5H2,1H3. The molecule has 0 bridgehead atoms. The molecular formula is C16H19N3O. The van der Waals surface area contributed by atoms with Gasteiger partial charge in [-0.1, -0.05) is 12.8 Å². The predicted octanol–water partition coefficient (Wildman–Crippen LogP) is 3.76. The van der Waals surface area contributed by atoms with Gasteiger partial charge in [-0.25, -0.2) is 4.98 Å². The lowest BCUT2D eigenvalue weighted by Gasteiger charge is -2.10. The minimum absolute atomic E-state index is 0.608. The highest BCUT2D eigenvalue weighted by Gasteiger charge is 2.15. The molecule has 0 saturated heterocycles. The maximum atomic E-state index is 5.03. The Labute approximate surface area is 119 Å². The lowest BCUT2D eigenvalue weighted by atomic mass is 10.2. The lowest BCUT2D eigenvalue weighted by molar-refractivity contribution is 0.398. The van der Waals surface area contributed by atoms with E-state index in [-0.39, 0.29) is 0 Å². The Morgan fingerprint density at radius 1 is 1.30 bits per heavy atom. The first-order chi connectivity index (χ1) is 9.85. The summed E-state index contributed by atoms with van der Waals surface area (Å²) in [6.45, 7) is 0. The van der Waals surface area contributed by atoms with Crippen LogP contribution in [0.5, 0.6) is 5.88 Å². The van der Waals surface area contributed by atoms with E-state index in [1.165, 1.54) is 25.7 Å². The van der Waals surface area contributed by atoms with Crippen molar-refractivity contribution in [2.24, 2.45) is 4.99 Å². The van der Waals surface area contributed by atoms with Crippen LogP contribution >= 0.6 is 0 Å². The lowest BCUT2D eigenvalue weighted by Crippen LogP contribution is -2.00. The van der Waals surface area contributed by atoms with Crippen LogP contribution in [0.25, 0.3) is 0 Å². The average Bonchev–Trinajstić information content (AvgIpc) is 3.16. The van der Waals surface area contributed by atoms with E-state index in [1.54, 1.807) is 13.3 Å². The summed E-state index contributed by atoms with van der Waals surface area (Å²) in [5, 5.41) is 0. The van der Waals surface area contributed by atoms with Crippen LogP contribution in [0.4, 0.5) is 5.69 Å². The van der Waals surface area contributed by atoms with Crippen LogP contribution in [-0.4, -0.2) is 22.9 Å². The molecule has 1 fully saturated rings. The summed E-state index contributed by atoms with van der Waals surface area (Å²) in [4.78, 5) is 8.57. The zero-order chi connectivity index (χ0) is 13.8. The van der Waals surface area contributed by atoms with Crippen molar-refractivity contribution < 1.29 is 4.74 Å². The van der Waals surface area contributed by atoms with Crippen molar-refractivity contribution in [2.75, 3.05) is 7.11 Å². The predicted molar refractivity (Wildman–Crippen MR) is 80.0 cm³/mol. The quantitative estimate of drug-likeness (QED) is 0.793. The summed E-state index contributed by atoms with van der Waals surface area (Å²) in [6, 6.07) is 6.51. The van der Waals surface area contributed by atoms with Gasteiger partial charge < -0.3 is 9.30 Å². The van der Waals surface area contributed by atoms with E-state index in [1.807, 2.05) is 18.3 Å². The van der Waals surface area contributed by atoms with Gasteiger partial charge in [0, 0.05) is 36.3 Å². The molecule has 1 saturated carbocycles. The number of pyridine rings is 1. The minimum Gasteiger partial charge on any atom is -0.481 e. The Morgan fingerprint density at radius 2 is 2.15 bits per heavy atom. The second-order valence-electron chi connectivity index (χ2n) is 5.15. The molecule has 1 aliphatic carbocycles. The van der Waals surface area contributed by atoms with Gasteiger partial charge in [-0.2, -0.15) is 0 Å². The number of hydrogen-bond donors (Lipinski definition) is 0. The van der Waals surface area contributed by atoms with Gasteiger partial charge in [0.25, 0.3) is 0 Å². The molecule has 0 spiro atoms. The monoisotopic (exact) mass is 269 g/mol. The summed E-state index contributed by atoms with van der Waals surface area (Å²) < 4.78 is 7.35. The van der Waals surface area contributed by atoms with Crippen molar-refractivity contribution in [3.63, 3.8) is 0 Å². The van der Waals surface area contributed by atoms with E-state index in [9.17, 15) is 0 Å². The fourth-order valence-corrected chi connectivity index (χ4v) is 2.65. The first-order valence-corrected chi connectivity index (χ1v) is 7.07. The number of aliphatic imine (C=N–C) groups is 1. The van der Waals surface area contributed by atoms with Crippen molar-refractivity contribution in [1.82, 2.24) is 9.55 Å². The molecule has 4 heteroatoms. The molecule has 0 aromatic carbocycles. The fraction of sp³-hybridized carbons (Fsp3) is 0.375. The number of methoxy groups -OCH3 is 1. The molecule has 1 aliphatic rings. The molecule has 2 aromatic heterocycles. The molecule has 2 heterocycles. The Balaban J connectivity index is 1.68. The Bertz CT molecular complexity index is 580. The zero-order valence-corrected chi connectivity index (χ0v) is 11.7. The maximum absolute atomic E-state index is 5.03. The molecule has 4 nitrogen and oxygen atoms in total. The van der Waals surface area contributed by atoms with Crippen molar-refractivity contribution >= 4 is 11.9 Å². The van der Waals surface area contributed by atoms with E-state index >= 15 is 0 Å². The Kier molecular flexibility index (Phi) is 3.81. The average molecular weight is 269 g/mol. The third-order valence-electron chi connectivity index (χ3n) is 3.78. The van der Waals surface area contributed by atoms with E-state index in [4.69, 9.17) is 4.74 Å². The van der Waals surface area contributed by atoms with Crippen LogP contribution in [0.15, 0.2) is 41.8 Å². The van der Waals surface area contributed by atoms with Crippen LogP contribution < -0.4 is 4.74 Å². The second kappa shape index (κ2) is 5.90. The molecule has 0 unspecified atom stereocenters. The van der Waals surface area contributed by atoms with Gasteiger partial charge in [0.1, 0.15) is 0 Å². The zero-order valence-electron chi connectivity index (χ0n) is 11.7. The van der Waals surface area contributed by atoms with Gasteiger partial charge >= 0.3 is 0 Å². The van der Waals surface area contributed by atoms with Crippen LogP contribution in [0.2, 0.25) is 0 Å². The van der Waals surface area contributed by atoms with E-state index in [0.717, 1.165) is 11.3 Å². The summed E-state index contributed by atoms with van der Waals surface area (Å²) in [5.74, 6) is 0.608. The Morgan fingerprint density at radius 3 is 2.85 bits per heavy atom. The summed E-state index contributed by atoms with van der Waals surface area (Å²) in [7, 11) is 1.61. The fourth-order valence-electron chi connectivity index (χ4n) is 2.65. The van der Waals surface area contributed by atoms with Crippen molar-refractivity contribution in [3.8, 4) is 5.88 Å². The summed E-state index contributed by atoms with van der Waals surface area (Å²) in [6.07, 6.45) is 13.2. The summed E-state index contributed by atoms with van der Waals surface area (Å²) >= 11 is 0. The minimum atomic E-state index is 0.608. The van der Waals surface area contributed by atoms with Gasteiger partial charge in [0.15, 0.2) is 0 Å². The second-order valence-corrected chi connectivity index (χ2v) is 5.15. The normalized spacial score (nSPS) is 16.1. The Hall–Kier alpha value is -2.10. The largest absolute Gasteiger partial charge is 0.481 e. The molecule has 3 rings (SSSR count). The van der Waals surface area contributed by atoms with E-state index in [0.29, 0.717) is 11.9 Å². The number of hydrogen-bond acceptors (Lipinski definition) is 3. The number of nitrogens with zero attached hydrogens (tertiary/aromatic N) is 3. The van der Waals surface area contributed by atoms with Crippen molar-refractivity contribution in [2.45, 2.75) is 31.7 Å². The van der Waals surface area contributed by atoms with Crippen molar-refractivity contribution in [3.05, 3.63) is 42.4 Å². The van der Waals surface area contributed by atoms with Gasteiger partial charge in [-0.05, 0) is 25.0 Å². The molecule has 0 radical (unpaired) electrons. The third kappa shape index (κ3) is 2.90. The van der Waals surface area contributed by atoms with Gasteiger partial charge in [0.2, 0.25) is 5.88 Å². The number of rotatable bonds is 4. The molecule has 20 heavy (non-hydrogen) atoms. The summed E-state index contributed by atoms with van der Waals surface area (Å²) in [5.41, 5.74) is 1.96. The first-order valence-electron chi connectivity index (χ1n) is 7.07. The van der Waals surface area contributed by atoms with Crippen LogP contribution in [0.1, 0.15) is 37.3 Å². The first kappa shape index (κ1) is 12.9. The molecule has 104 valence electrons. The molecular weight excluding hydrogens is 250 g/mol. The third-order valence-corrected chi connectivity index (χ3v) is 3.78. The smallest absolute Gasteiger partial charge is 0.213 e. The topological polar surface area (TPSA) is 39.4 Å². The SMILES string of the molecule is COc1ccc(N=Cc2ccn(C3CCCC3)c2)cn1. The van der Waals surface area contributed by atoms with Crippen molar-refractivity contribution in [1.29, 1.82) is 0 Å². The molecule has 0 N–H and O–H groups in total. The van der Waals surface area contributed by atoms with Crippen LogP contribution in [0, 0.1) is 0 Å². The maximum Gasteiger partial charge on any atom is 0.213 e. The molecule has 2 aromatic rings. The number of ether oxygens (including phenoxy) is 1.